The van der Waals surface area contributed by atoms with E-state index in [9.17, 15) is 0 Å². The Morgan fingerprint density at radius 1 is 1.20 bits per heavy atom. The van der Waals surface area contributed by atoms with E-state index >= 15 is 0 Å². The van der Waals surface area contributed by atoms with Gasteiger partial charge in [-0.3, -0.25) is 4.90 Å². The van der Waals surface area contributed by atoms with Crippen molar-refractivity contribution < 1.29 is 0 Å². The molecular weight excluding hydrogens is 244 g/mol. The highest BCUT2D eigenvalue weighted by atomic mass is 15.2. The van der Waals surface area contributed by atoms with Crippen LogP contribution in [0, 0.1) is 5.41 Å². The molecule has 0 aromatic rings. The predicted molar refractivity (Wildman–Crippen MR) is 90.3 cm³/mol. The number of hydrogen-bond donors (Lipinski definition) is 1. The lowest BCUT2D eigenvalue weighted by molar-refractivity contribution is 0.0761. The fourth-order valence-electron chi connectivity index (χ4n) is 3.70. The second kappa shape index (κ2) is 9.04. The van der Waals surface area contributed by atoms with E-state index in [0.29, 0.717) is 11.5 Å². The highest BCUT2D eigenvalue weighted by Gasteiger charge is 2.30. The first-order chi connectivity index (χ1) is 9.50. The number of piperidine rings is 1. The molecule has 0 spiro atoms. The van der Waals surface area contributed by atoms with Crippen molar-refractivity contribution in [1.82, 2.24) is 10.2 Å². The third kappa shape index (κ3) is 6.13. The number of likely N-dealkylation sites (tertiary alicyclic amines) is 1. The Morgan fingerprint density at radius 2 is 1.95 bits per heavy atom. The van der Waals surface area contributed by atoms with Crippen LogP contribution in [-0.4, -0.2) is 36.6 Å². The normalized spacial score (nSPS) is 24.0. The van der Waals surface area contributed by atoms with Gasteiger partial charge in [-0.2, -0.15) is 0 Å². The van der Waals surface area contributed by atoms with Crippen molar-refractivity contribution in [3.05, 3.63) is 0 Å². The first kappa shape index (κ1) is 18.0. The molecule has 0 aromatic carbocycles. The zero-order valence-corrected chi connectivity index (χ0v) is 14.7. The third-order valence-electron chi connectivity index (χ3n) is 4.75. The molecule has 0 amide bonds. The van der Waals surface area contributed by atoms with Crippen LogP contribution < -0.4 is 5.32 Å². The maximum atomic E-state index is 3.68. The van der Waals surface area contributed by atoms with E-state index in [1.807, 2.05) is 0 Å². The zero-order chi connectivity index (χ0) is 15.0. The van der Waals surface area contributed by atoms with Gasteiger partial charge >= 0.3 is 0 Å². The molecular formula is C18H38N2. The van der Waals surface area contributed by atoms with Crippen LogP contribution in [0.15, 0.2) is 0 Å². The lowest BCUT2D eigenvalue weighted by Gasteiger charge is -2.42. The highest BCUT2D eigenvalue weighted by Crippen LogP contribution is 2.29. The summed E-state index contributed by atoms with van der Waals surface area (Å²) in [6, 6.07) is 1.45. The minimum Gasteiger partial charge on any atom is -0.314 e. The molecule has 0 radical (unpaired) electrons. The summed E-state index contributed by atoms with van der Waals surface area (Å²) in [5.41, 5.74) is 0.433. The maximum Gasteiger partial charge on any atom is 0.00954 e. The fraction of sp³-hybridized carbons (Fsp3) is 1.00. The number of rotatable bonds is 9. The van der Waals surface area contributed by atoms with Crippen LogP contribution in [-0.2, 0) is 0 Å². The van der Waals surface area contributed by atoms with Crippen LogP contribution >= 0.6 is 0 Å². The molecule has 1 N–H and O–H groups in total. The van der Waals surface area contributed by atoms with Crippen LogP contribution in [0.3, 0.4) is 0 Å². The van der Waals surface area contributed by atoms with Gasteiger partial charge < -0.3 is 5.32 Å². The highest BCUT2D eigenvalue weighted by molar-refractivity contribution is 4.86. The summed E-state index contributed by atoms with van der Waals surface area (Å²) in [5, 5.41) is 3.68. The molecule has 2 heteroatoms. The van der Waals surface area contributed by atoms with Gasteiger partial charge in [0.1, 0.15) is 0 Å². The van der Waals surface area contributed by atoms with Gasteiger partial charge in [0.25, 0.3) is 0 Å². The van der Waals surface area contributed by atoms with Gasteiger partial charge in [-0.05, 0) is 37.6 Å². The molecule has 1 rings (SSSR count). The summed E-state index contributed by atoms with van der Waals surface area (Å²) in [7, 11) is 0. The SMILES string of the molecule is CCCC1CCCCN1CC(C)(CCC)CNC(C)C. The van der Waals surface area contributed by atoms with Gasteiger partial charge in [0.15, 0.2) is 0 Å². The van der Waals surface area contributed by atoms with Crippen LogP contribution in [0.2, 0.25) is 0 Å². The summed E-state index contributed by atoms with van der Waals surface area (Å²) < 4.78 is 0. The van der Waals surface area contributed by atoms with E-state index in [2.05, 4.69) is 44.8 Å². The number of nitrogens with one attached hydrogen (secondary N) is 1. The largest absolute Gasteiger partial charge is 0.314 e. The number of nitrogens with zero attached hydrogens (tertiary/aromatic N) is 1. The Kier molecular flexibility index (Phi) is 8.13. The van der Waals surface area contributed by atoms with E-state index in [1.54, 1.807) is 0 Å². The van der Waals surface area contributed by atoms with Crippen LogP contribution in [0.25, 0.3) is 0 Å². The molecule has 0 bridgehead atoms. The van der Waals surface area contributed by atoms with Gasteiger partial charge in [0, 0.05) is 25.2 Å². The Morgan fingerprint density at radius 3 is 2.55 bits per heavy atom. The molecule has 1 aliphatic rings. The van der Waals surface area contributed by atoms with Crippen LogP contribution in [0.1, 0.15) is 79.6 Å². The summed E-state index contributed by atoms with van der Waals surface area (Å²) in [6.07, 6.45) is 9.62. The monoisotopic (exact) mass is 282 g/mol. The molecule has 0 aromatic heterocycles. The van der Waals surface area contributed by atoms with Crippen molar-refractivity contribution in [2.24, 2.45) is 5.41 Å². The van der Waals surface area contributed by atoms with Gasteiger partial charge in [-0.15, -0.1) is 0 Å². The second-order valence-corrected chi connectivity index (χ2v) is 7.51. The first-order valence-electron chi connectivity index (χ1n) is 8.98. The lowest BCUT2D eigenvalue weighted by atomic mass is 9.83. The molecule has 0 aliphatic carbocycles. The molecule has 1 saturated heterocycles. The molecule has 1 fully saturated rings. The van der Waals surface area contributed by atoms with Crippen LogP contribution in [0.4, 0.5) is 0 Å². The first-order valence-corrected chi connectivity index (χ1v) is 8.98. The smallest absolute Gasteiger partial charge is 0.00954 e. The fourth-order valence-corrected chi connectivity index (χ4v) is 3.70. The Labute approximate surface area is 127 Å². The zero-order valence-electron chi connectivity index (χ0n) is 14.7. The van der Waals surface area contributed by atoms with E-state index < -0.39 is 0 Å². The number of hydrogen-bond acceptors (Lipinski definition) is 2. The maximum absolute atomic E-state index is 3.68. The van der Waals surface area contributed by atoms with Gasteiger partial charge in [-0.25, -0.2) is 0 Å². The molecule has 2 unspecified atom stereocenters. The summed E-state index contributed by atoms with van der Waals surface area (Å²) in [4.78, 5) is 2.81. The summed E-state index contributed by atoms with van der Waals surface area (Å²) >= 11 is 0. The minimum atomic E-state index is 0.433. The Hall–Kier alpha value is -0.0800. The van der Waals surface area contributed by atoms with Crippen molar-refractivity contribution in [2.75, 3.05) is 19.6 Å². The van der Waals surface area contributed by atoms with Crippen molar-refractivity contribution in [1.29, 1.82) is 0 Å². The van der Waals surface area contributed by atoms with Crippen molar-refractivity contribution in [2.45, 2.75) is 91.6 Å². The molecule has 120 valence electrons. The standard InChI is InChI=1S/C18H38N2/c1-6-10-17-11-8-9-13-20(17)15-18(5,12-7-2)14-19-16(3)4/h16-17,19H,6-15H2,1-5H3. The average Bonchev–Trinajstić information content (AvgIpc) is 2.39. The van der Waals surface area contributed by atoms with E-state index in [1.165, 1.54) is 58.0 Å². The third-order valence-corrected chi connectivity index (χ3v) is 4.75. The Balaban J connectivity index is 2.61. The Bertz CT molecular complexity index is 250. The lowest BCUT2D eigenvalue weighted by Crippen LogP contribution is -2.49. The van der Waals surface area contributed by atoms with Crippen molar-refractivity contribution in [3.8, 4) is 0 Å². The molecule has 20 heavy (non-hydrogen) atoms. The van der Waals surface area contributed by atoms with Crippen molar-refractivity contribution >= 4 is 0 Å². The summed E-state index contributed by atoms with van der Waals surface area (Å²) in [6.45, 7) is 15.4. The van der Waals surface area contributed by atoms with Crippen molar-refractivity contribution in [3.63, 3.8) is 0 Å². The molecule has 2 nitrogen and oxygen atoms in total. The quantitative estimate of drug-likeness (QED) is 0.672. The average molecular weight is 283 g/mol. The topological polar surface area (TPSA) is 15.3 Å². The molecule has 1 aliphatic heterocycles. The van der Waals surface area contributed by atoms with Gasteiger partial charge in [0.2, 0.25) is 0 Å². The van der Waals surface area contributed by atoms with Gasteiger partial charge in [-0.1, -0.05) is 53.9 Å². The van der Waals surface area contributed by atoms with E-state index in [-0.39, 0.29) is 0 Å². The second-order valence-electron chi connectivity index (χ2n) is 7.51. The van der Waals surface area contributed by atoms with Crippen LogP contribution in [0.5, 0.6) is 0 Å². The van der Waals surface area contributed by atoms with Gasteiger partial charge in [0.05, 0.1) is 0 Å². The predicted octanol–water partition coefficient (Wildman–Crippen LogP) is 4.45. The molecule has 0 saturated carbocycles. The molecule has 2 atom stereocenters. The van der Waals surface area contributed by atoms with E-state index in [4.69, 9.17) is 0 Å². The minimum absolute atomic E-state index is 0.433. The van der Waals surface area contributed by atoms with E-state index in [0.717, 1.165) is 12.6 Å². The summed E-state index contributed by atoms with van der Waals surface area (Å²) in [5.74, 6) is 0. The molecule has 1 heterocycles.